The minimum atomic E-state index is 0.476. The molecule has 1 heterocycles. The first-order chi connectivity index (χ1) is 9.01. The third-order valence-electron chi connectivity index (χ3n) is 6.87. The topological polar surface area (TPSA) is 21.3 Å². The van der Waals surface area contributed by atoms with Crippen molar-refractivity contribution in [2.24, 2.45) is 22.7 Å². The Morgan fingerprint density at radius 2 is 1.84 bits per heavy atom. The van der Waals surface area contributed by atoms with E-state index in [1.54, 1.807) is 0 Å². The van der Waals surface area contributed by atoms with Gasteiger partial charge in [0, 0.05) is 18.7 Å². The summed E-state index contributed by atoms with van der Waals surface area (Å²) in [7, 11) is 0. The average molecular weight is 263 g/mol. The zero-order valence-corrected chi connectivity index (χ0v) is 12.7. The van der Waals surface area contributed by atoms with Crippen molar-refractivity contribution in [3.8, 4) is 0 Å². The van der Waals surface area contributed by atoms with E-state index in [4.69, 9.17) is 4.74 Å². The molecule has 1 N–H and O–H groups in total. The van der Waals surface area contributed by atoms with Crippen LogP contribution in [0.1, 0.15) is 59.3 Å². The predicted octanol–water partition coefficient (Wildman–Crippen LogP) is 3.36. The lowest BCUT2D eigenvalue weighted by molar-refractivity contribution is 0.0537. The van der Waals surface area contributed by atoms with E-state index >= 15 is 0 Å². The maximum atomic E-state index is 6.02. The predicted molar refractivity (Wildman–Crippen MR) is 77.0 cm³/mol. The number of hydrogen-bond donors (Lipinski definition) is 1. The molecule has 3 unspecified atom stereocenters. The van der Waals surface area contributed by atoms with E-state index in [0.29, 0.717) is 29.0 Å². The van der Waals surface area contributed by atoms with Crippen LogP contribution in [0, 0.1) is 22.7 Å². The standard InChI is InChI=1S/C17H29NO/c1-16(2)12-6-8-17(3,10-12)15(16)18-13-7-9-19-14(13)11-4-5-11/h11-15,18H,4-10H2,1-3H3/t12-,13?,14?,15?,17+/m0/s1. The summed E-state index contributed by atoms with van der Waals surface area (Å²) in [4.78, 5) is 0. The summed E-state index contributed by atoms with van der Waals surface area (Å²) >= 11 is 0. The van der Waals surface area contributed by atoms with Gasteiger partial charge in [-0.2, -0.15) is 0 Å². The molecule has 4 aliphatic rings. The monoisotopic (exact) mass is 263 g/mol. The first-order valence-corrected chi connectivity index (χ1v) is 8.38. The lowest BCUT2D eigenvalue weighted by atomic mass is 9.68. The molecule has 1 saturated heterocycles. The third-order valence-corrected chi connectivity index (χ3v) is 6.87. The second-order valence-electron chi connectivity index (χ2n) is 8.58. The van der Waals surface area contributed by atoms with E-state index in [9.17, 15) is 0 Å². The first-order valence-electron chi connectivity index (χ1n) is 8.38. The highest BCUT2D eigenvalue weighted by Crippen LogP contribution is 2.62. The van der Waals surface area contributed by atoms with Crippen molar-refractivity contribution in [3.05, 3.63) is 0 Å². The molecule has 0 radical (unpaired) electrons. The van der Waals surface area contributed by atoms with E-state index in [-0.39, 0.29) is 0 Å². The Balaban J connectivity index is 1.52. The van der Waals surface area contributed by atoms with Crippen LogP contribution in [0.3, 0.4) is 0 Å². The Bertz CT molecular complexity index is 371. The summed E-state index contributed by atoms with van der Waals surface area (Å²) < 4.78 is 6.02. The minimum Gasteiger partial charge on any atom is -0.376 e. The minimum absolute atomic E-state index is 0.476. The van der Waals surface area contributed by atoms with Gasteiger partial charge in [0.1, 0.15) is 0 Å². The van der Waals surface area contributed by atoms with Gasteiger partial charge in [0.25, 0.3) is 0 Å². The third kappa shape index (κ3) is 1.82. The number of ether oxygens (including phenoxy) is 1. The van der Waals surface area contributed by atoms with Crippen molar-refractivity contribution < 1.29 is 4.74 Å². The van der Waals surface area contributed by atoms with Gasteiger partial charge in [-0.3, -0.25) is 0 Å². The number of nitrogens with one attached hydrogen (secondary N) is 1. The van der Waals surface area contributed by atoms with Crippen molar-refractivity contribution in [1.29, 1.82) is 0 Å². The van der Waals surface area contributed by atoms with Gasteiger partial charge >= 0.3 is 0 Å². The number of fused-ring (bicyclic) bond motifs is 2. The summed E-state index contributed by atoms with van der Waals surface area (Å²) in [6.07, 6.45) is 8.88. The van der Waals surface area contributed by atoms with Crippen LogP contribution in [0.2, 0.25) is 0 Å². The van der Waals surface area contributed by atoms with E-state index in [1.807, 2.05) is 0 Å². The summed E-state index contributed by atoms with van der Waals surface area (Å²) in [6.45, 7) is 8.51. The van der Waals surface area contributed by atoms with Crippen molar-refractivity contribution in [3.63, 3.8) is 0 Å². The number of rotatable bonds is 3. The molecule has 4 fully saturated rings. The van der Waals surface area contributed by atoms with Gasteiger partial charge in [0.05, 0.1) is 6.10 Å². The maximum absolute atomic E-state index is 6.02. The molecule has 3 aliphatic carbocycles. The average Bonchev–Trinajstić information content (AvgIpc) is 2.89. The van der Waals surface area contributed by atoms with Crippen LogP contribution in [0.4, 0.5) is 0 Å². The fourth-order valence-electron chi connectivity index (χ4n) is 5.61. The molecule has 108 valence electrons. The van der Waals surface area contributed by atoms with Crippen LogP contribution in [-0.4, -0.2) is 24.8 Å². The van der Waals surface area contributed by atoms with Crippen molar-refractivity contribution in [2.75, 3.05) is 6.61 Å². The molecule has 0 aromatic carbocycles. The van der Waals surface area contributed by atoms with Gasteiger partial charge in [0.15, 0.2) is 0 Å². The smallest absolute Gasteiger partial charge is 0.0757 e. The quantitative estimate of drug-likeness (QED) is 0.843. The van der Waals surface area contributed by atoms with Gasteiger partial charge < -0.3 is 10.1 Å². The molecule has 2 nitrogen and oxygen atoms in total. The Hall–Kier alpha value is -0.0800. The summed E-state index contributed by atoms with van der Waals surface area (Å²) in [5, 5.41) is 4.09. The van der Waals surface area contributed by atoms with Gasteiger partial charge in [0.2, 0.25) is 0 Å². The van der Waals surface area contributed by atoms with E-state index in [1.165, 1.54) is 38.5 Å². The Morgan fingerprint density at radius 1 is 1.05 bits per heavy atom. The van der Waals surface area contributed by atoms with Crippen LogP contribution >= 0.6 is 0 Å². The zero-order valence-electron chi connectivity index (χ0n) is 12.7. The molecule has 0 spiro atoms. The molecule has 19 heavy (non-hydrogen) atoms. The molecule has 3 saturated carbocycles. The van der Waals surface area contributed by atoms with Crippen LogP contribution < -0.4 is 5.32 Å². The fraction of sp³-hybridized carbons (Fsp3) is 1.00. The largest absolute Gasteiger partial charge is 0.376 e. The highest BCUT2D eigenvalue weighted by atomic mass is 16.5. The molecule has 0 aromatic rings. The molecular weight excluding hydrogens is 234 g/mol. The van der Waals surface area contributed by atoms with Crippen LogP contribution in [0.25, 0.3) is 0 Å². The van der Waals surface area contributed by atoms with Crippen molar-refractivity contribution in [2.45, 2.75) is 77.5 Å². The van der Waals surface area contributed by atoms with Crippen LogP contribution in [0.5, 0.6) is 0 Å². The van der Waals surface area contributed by atoms with Gasteiger partial charge in [-0.1, -0.05) is 20.8 Å². The fourth-order valence-corrected chi connectivity index (χ4v) is 5.61. The van der Waals surface area contributed by atoms with Gasteiger partial charge in [-0.15, -0.1) is 0 Å². The van der Waals surface area contributed by atoms with Crippen molar-refractivity contribution in [1.82, 2.24) is 5.32 Å². The van der Waals surface area contributed by atoms with E-state index in [2.05, 4.69) is 26.1 Å². The molecule has 0 amide bonds. The molecule has 0 aromatic heterocycles. The highest BCUT2D eigenvalue weighted by molar-refractivity contribution is 5.13. The Kier molecular flexibility index (Phi) is 2.65. The van der Waals surface area contributed by atoms with E-state index in [0.717, 1.165) is 18.4 Å². The Labute approximate surface area is 117 Å². The maximum Gasteiger partial charge on any atom is 0.0757 e. The van der Waals surface area contributed by atoms with Crippen molar-refractivity contribution >= 4 is 0 Å². The highest BCUT2D eigenvalue weighted by Gasteiger charge is 2.60. The summed E-state index contributed by atoms with van der Waals surface area (Å²) in [5.74, 6) is 1.81. The summed E-state index contributed by atoms with van der Waals surface area (Å²) in [6, 6.07) is 1.33. The SMILES string of the molecule is CC1(C)C(NC2CCOC2C2CC2)[C@]2(C)CC[C@H]1C2. The molecular formula is C17H29NO. The normalized spacial score (nSPS) is 51.9. The molecule has 1 aliphatic heterocycles. The molecule has 5 atom stereocenters. The zero-order chi connectivity index (χ0) is 13.3. The first kappa shape index (κ1) is 12.6. The van der Waals surface area contributed by atoms with Crippen LogP contribution in [-0.2, 0) is 4.74 Å². The molecule has 4 rings (SSSR count). The summed E-state index contributed by atoms with van der Waals surface area (Å²) in [5.41, 5.74) is 1.02. The molecule has 2 bridgehead atoms. The van der Waals surface area contributed by atoms with Crippen LogP contribution in [0.15, 0.2) is 0 Å². The van der Waals surface area contributed by atoms with Gasteiger partial charge in [-0.05, 0) is 61.2 Å². The lowest BCUT2D eigenvalue weighted by Gasteiger charge is -2.45. The van der Waals surface area contributed by atoms with E-state index < -0.39 is 0 Å². The second-order valence-corrected chi connectivity index (χ2v) is 8.58. The lowest BCUT2D eigenvalue weighted by Crippen LogP contribution is -2.55. The Morgan fingerprint density at radius 3 is 2.47 bits per heavy atom. The number of hydrogen-bond acceptors (Lipinski definition) is 2. The van der Waals surface area contributed by atoms with Gasteiger partial charge in [-0.25, -0.2) is 0 Å². The second kappa shape index (κ2) is 3.98. The molecule has 2 heteroatoms.